The highest BCUT2D eigenvalue weighted by Crippen LogP contribution is 2.31. The molecule has 0 saturated heterocycles. The molecule has 24 heavy (non-hydrogen) atoms. The molecule has 3 aromatic heterocycles. The second kappa shape index (κ2) is 4.15. The molecule has 6 aromatic rings. The second-order valence-electron chi connectivity index (χ2n) is 6.18. The van der Waals surface area contributed by atoms with E-state index in [4.69, 9.17) is 4.98 Å². The molecular weight excluding hydrogens is 294 g/mol. The van der Waals surface area contributed by atoms with Gasteiger partial charge in [-0.05, 0) is 30.3 Å². The number of nitrogens with zero attached hydrogens (tertiary/aromatic N) is 3. The maximum absolute atomic E-state index is 4.94. The van der Waals surface area contributed by atoms with Gasteiger partial charge >= 0.3 is 0 Å². The molecule has 0 aliphatic carbocycles. The molecule has 0 N–H and O–H groups in total. The van der Waals surface area contributed by atoms with Crippen molar-refractivity contribution in [3.05, 3.63) is 78.9 Å². The Morgan fingerprint density at radius 1 is 0.583 bits per heavy atom. The molecule has 0 atom stereocenters. The summed E-state index contributed by atoms with van der Waals surface area (Å²) in [4.78, 5) is 4.94. The maximum Gasteiger partial charge on any atom is 0.220 e. The Kier molecular flexibility index (Phi) is 2.10. The zero-order chi connectivity index (χ0) is 15.7. The average molecular weight is 307 g/mol. The molecule has 3 heterocycles. The van der Waals surface area contributed by atoms with Gasteiger partial charge in [0.2, 0.25) is 5.78 Å². The van der Waals surface area contributed by atoms with Crippen LogP contribution in [0.25, 0.3) is 44.1 Å². The summed E-state index contributed by atoms with van der Waals surface area (Å²) in [6, 6.07) is 27.7. The molecule has 0 aliphatic rings. The largest absolute Gasteiger partial charge is 0.279 e. The van der Waals surface area contributed by atoms with E-state index < -0.39 is 0 Å². The molecule has 0 bridgehead atoms. The summed E-state index contributed by atoms with van der Waals surface area (Å²) < 4.78 is 4.54. The minimum atomic E-state index is 0.964. The fourth-order valence-corrected chi connectivity index (χ4v) is 3.85. The molecule has 0 saturated carbocycles. The molecule has 0 radical (unpaired) electrons. The van der Waals surface area contributed by atoms with E-state index in [1.165, 1.54) is 27.3 Å². The first-order valence-electron chi connectivity index (χ1n) is 8.10. The molecule has 0 fully saturated rings. The van der Waals surface area contributed by atoms with Crippen molar-refractivity contribution in [3.63, 3.8) is 0 Å². The van der Waals surface area contributed by atoms with E-state index in [0.29, 0.717) is 0 Å². The molecule has 112 valence electrons. The number of aromatic nitrogens is 3. The quantitative estimate of drug-likeness (QED) is 0.385. The zero-order valence-corrected chi connectivity index (χ0v) is 12.8. The number of hydrogen-bond acceptors (Lipinski definition) is 1. The van der Waals surface area contributed by atoms with Crippen molar-refractivity contribution in [1.29, 1.82) is 0 Å². The normalized spacial score (nSPS) is 12.2. The fourth-order valence-electron chi connectivity index (χ4n) is 3.85. The van der Waals surface area contributed by atoms with Crippen molar-refractivity contribution in [3.8, 4) is 0 Å². The van der Waals surface area contributed by atoms with Crippen LogP contribution in [0.4, 0.5) is 0 Å². The van der Waals surface area contributed by atoms with Crippen LogP contribution in [0.3, 0.4) is 0 Å². The van der Waals surface area contributed by atoms with Crippen molar-refractivity contribution in [2.24, 2.45) is 0 Å². The highest BCUT2D eigenvalue weighted by atomic mass is 15.2. The number of fused-ring (bicyclic) bond motifs is 10. The lowest BCUT2D eigenvalue weighted by molar-refractivity contribution is 1.15. The van der Waals surface area contributed by atoms with Crippen LogP contribution in [0, 0.1) is 0 Å². The van der Waals surface area contributed by atoms with Gasteiger partial charge in [-0.25, -0.2) is 4.98 Å². The third-order valence-electron chi connectivity index (χ3n) is 4.87. The van der Waals surface area contributed by atoms with Gasteiger partial charge in [-0.3, -0.25) is 8.80 Å². The lowest BCUT2D eigenvalue weighted by atomic mass is 10.2. The van der Waals surface area contributed by atoms with Crippen LogP contribution in [0.2, 0.25) is 0 Å². The Bertz CT molecular complexity index is 1400. The summed E-state index contributed by atoms with van der Waals surface area (Å²) >= 11 is 0. The van der Waals surface area contributed by atoms with Gasteiger partial charge in [0.15, 0.2) is 0 Å². The Morgan fingerprint density at radius 3 is 2.17 bits per heavy atom. The summed E-state index contributed by atoms with van der Waals surface area (Å²) in [6.07, 6.45) is 0. The van der Waals surface area contributed by atoms with Gasteiger partial charge in [-0.15, -0.1) is 0 Å². The monoisotopic (exact) mass is 307 g/mol. The van der Waals surface area contributed by atoms with Crippen LogP contribution in [0.15, 0.2) is 78.9 Å². The molecule has 6 rings (SSSR count). The van der Waals surface area contributed by atoms with E-state index >= 15 is 0 Å². The molecular formula is C21H13N3. The van der Waals surface area contributed by atoms with E-state index in [0.717, 1.165) is 16.8 Å². The standard InChI is InChI=1S/C21H13N3/c1-4-10-17-14(7-1)13-20-15-8-2-5-11-18(15)24-19-12-6-3-9-16(19)22-21(24)23(17)20/h1-13H. The van der Waals surface area contributed by atoms with Gasteiger partial charge < -0.3 is 0 Å². The van der Waals surface area contributed by atoms with Crippen LogP contribution < -0.4 is 0 Å². The van der Waals surface area contributed by atoms with Gasteiger partial charge in [0, 0.05) is 10.8 Å². The van der Waals surface area contributed by atoms with Crippen LogP contribution in [0.1, 0.15) is 0 Å². The molecule has 0 spiro atoms. The molecule has 0 aliphatic heterocycles. The topological polar surface area (TPSA) is 21.7 Å². The molecule has 3 nitrogen and oxygen atoms in total. The Hall–Kier alpha value is -3.33. The predicted molar refractivity (Wildman–Crippen MR) is 98.7 cm³/mol. The number of benzene rings is 3. The fraction of sp³-hybridized carbons (Fsp3) is 0. The summed E-state index contributed by atoms with van der Waals surface area (Å²) in [5, 5.41) is 2.48. The number of para-hydroxylation sites is 4. The van der Waals surface area contributed by atoms with Crippen molar-refractivity contribution >= 4 is 44.1 Å². The third-order valence-corrected chi connectivity index (χ3v) is 4.87. The van der Waals surface area contributed by atoms with E-state index in [2.05, 4.69) is 81.6 Å². The average Bonchev–Trinajstić information content (AvgIpc) is 3.20. The van der Waals surface area contributed by atoms with Gasteiger partial charge in [0.25, 0.3) is 0 Å². The SMILES string of the molecule is c1ccc2c(c1)cc1c3ccccc3n3c4ccccc4nc3n21. The Morgan fingerprint density at radius 2 is 1.25 bits per heavy atom. The summed E-state index contributed by atoms with van der Waals surface area (Å²) in [7, 11) is 0. The smallest absolute Gasteiger partial charge is 0.220 e. The second-order valence-corrected chi connectivity index (χ2v) is 6.18. The van der Waals surface area contributed by atoms with Crippen molar-refractivity contribution in [1.82, 2.24) is 13.8 Å². The van der Waals surface area contributed by atoms with Gasteiger partial charge in [-0.2, -0.15) is 0 Å². The van der Waals surface area contributed by atoms with Crippen LogP contribution in [-0.2, 0) is 0 Å². The lowest BCUT2D eigenvalue weighted by Crippen LogP contribution is -1.97. The predicted octanol–water partition coefficient (Wildman–Crippen LogP) is 5.05. The first kappa shape index (κ1) is 12.1. The van der Waals surface area contributed by atoms with Crippen LogP contribution >= 0.6 is 0 Å². The lowest BCUT2D eigenvalue weighted by Gasteiger charge is -2.08. The highest BCUT2D eigenvalue weighted by Gasteiger charge is 2.15. The van der Waals surface area contributed by atoms with Crippen LogP contribution in [0.5, 0.6) is 0 Å². The van der Waals surface area contributed by atoms with Gasteiger partial charge in [0.05, 0.1) is 27.6 Å². The summed E-state index contributed by atoms with van der Waals surface area (Å²) in [5.41, 5.74) is 5.75. The third kappa shape index (κ3) is 1.35. The molecule has 3 heteroatoms. The van der Waals surface area contributed by atoms with Crippen molar-refractivity contribution in [2.45, 2.75) is 0 Å². The summed E-state index contributed by atoms with van der Waals surface area (Å²) in [5.74, 6) is 0.964. The van der Waals surface area contributed by atoms with Crippen molar-refractivity contribution < 1.29 is 0 Å². The van der Waals surface area contributed by atoms with E-state index in [9.17, 15) is 0 Å². The number of hydrogen-bond donors (Lipinski definition) is 0. The molecule has 0 amide bonds. The first-order valence-corrected chi connectivity index (χ1v) is 8.10. The minimum Gasteiger partial charge on any atom is -0.279 e. The Balaban J connectivity index is 2.08. The van der Waals surface area contributed by atoms with E-state index in [-0.39, 0.29) is 0 Å². The van der Waals surface area contributed by atoms with Gasteiger partial charge in [0.1, 0.15) is 0 Å². The molecule has 0 unspecified atom stereocenters. The highest BCUT2D eigenvalue weighted by molar-refractivity contribution is 6.04. The Labute approximate surface area is 137 Å². The van der Waals surface area contributed by atoms with Crippen molar-refractivity contribution in [2.75, 3.05) is 0 Å². The van der Waals surface area contributed by atoms with Gasteiger partial charge in [-0.1, -0.05) is 48.5 Å². The van der Waals surface area contributed by atoms with Crippen LogP contribution in [-0.4, -0.2) is 13.8 Å². The molecule has 3 aromatic carbocycles. The maximum atomic E-state index is 4.94. The first-order chi connectivity index (χ1) is 11.9. The summed E-state index contributed by atoms with van der Waals surface area (Å²) in [6.45, 7) is 0. The van der Waals surface area contributed by atoms with E-state index in [1.54, 1.807) is 0 Å². The number of rotatable bonds is 0. The van der Waals surface area contributed by atoms with E-state index in [1.807, 2.05) is 6.07 Å². The number of imidazole rings is 1. The minimum absolute atomic E-state index is 0.964. The zero-order valence-electron chi connectivity index (χ0n) is 12.8.